The highest BCUT2D eigenvalue weighted by Crippen LogP contribution is 2.06. The Kier molecular flexibility index (Phi) is 3.69. The van der Waals surface area contributed by atoms with Gasteiger partial charge in [-0.3, -0.25) is 14.8 Å². The monoisotopic (exact) mass is 296 g/mol. The largest absolute Gasteiger partial charge is 0.288 e. The third-order valence-electron chi connectivity index (χ3n) is 3.30. The molecule has 22 heavy (non-hydrogen) atoms. The smallest absolute Gasteiger partial charge is 0.278 e. The maximum absolute atomic E-state index is 12.1. The van der Waals surface area contributed by atoms with Crippen molar-refractivity contribution in [1.29, 1.82) is 0 Å². The van der Waals surface area contributed by atoms with Crippen molar-refractivity contribution < 1.29 is 4.79 Å². The number of carbonyl (C=O) groups excluding carboxylic acids is 1. The van der Waals surface area contributed by atoms with E-state index >= 15 is 0 Å². The van der Waals surface area contributed by atoms with Crippen LogP contribution in [0.25, 0.3) is 0 Å². The summed E-state index contributed by atoms with van der Waals surface area (Å²) in [5.74, 6) is -0.0506. The maximum atomic E-state index is 12.1. The van der Waals surface area contributed by atoms with Crippen LogP contribution in [-0.4, -0.2) is 30.5 Å². The standard InChI is InChI=1S/C15H16N6O/c1-11-8-13(18-20(11)2)14(22)17-15-16-10-21(19-15)9-12-6-4-3-5-7-12/h3-8,10H,9H2,1-2H3,(H,17,19,22). The molecule has 0 saturated carbocycles. The van der Waals surface area contributed by atoms with E-state index in [0.29, 0.717) is 12.2 Å². The van der Waals surface area contributed by atoms with Gasteiger partial charge in [0.1, 0.15) is 6.33 Å². The molecule has 0 spiro atoms. The van der Waals surface area contributed by atoms with E-state index in [9.17, 15) is 4.79 Å². The van der Waals surface area contributed by atoms with Crippen molar-refractivity contribution in [2.24, 2.45) is 7.05 Å². The molecule has 7 heteroatoms. The van der Waals surface area contributed by atoms with Gasteiger partial charge in [-0.05, 0) is 18.6 Å². The first kappa shape index (κ1) is 14.0. The van der Waals surface area contributed by atoms with Crippen molar-refractivity contribution in [3.8, 4) is 0 Å². The van der Waals surface area contributed by atoms with E-state index < -0.39 is 0 Å². The first-order valence-electron chi connectivity index (χ1n) is 6.87. The molecule has 0 fully saturated rings. The molecule has 0 aliphatic carbocycles. The Labute approximate surface area is 127 Å². The van der Waals surface area contributed by atoms with Crippen molar-refractivity contribution in [1.82, 2.24) is 24.5 Å². The quantitative estimate of drug-likeness (QED) is 0.793. The molecule has 3 aromatic rings. The van der Waals surface area contributed by atoms with Crippen molar-refractivity contribution in [3.63, 3.8) is 0 Å². The Bertz CT molecular complexity index is 770. The van der Waals surface area contributed by atoms with Gasteiger partial charge in [-0.2, -0.15) is 5.10 Å². The number of nitrogens with one attached hydrogen (secondary N) is 1. The van der Waals surface area contributed by atoms with Crippen molar-refractivity contribution in [2.75, 3.05) is 5.32 Å². The van der Waals surface area contributed by atoms with Gasteiger partial charge in [-0.25, -0.2) is 9.67 Å². The summed E-state index contributed by atoms with van der Waals surface area (Å²) in [6.07, 6.45) is 1.59. The Balaban J connectivity index is 1.68. The van der Waals surface area contributed by atoms with Gasteiger partial charge >= 0.3 is 0 Å². The molecule has 0 unspecified atom stereocenters. The molecule has 112 valence electrons. The van der Waals surface area contributed by atoms with Crippen LogP contribution in [0.5, 0.6) is 0 Å². The van der Waals surface area contributed by atoms with Crippen LogP contribution in [0, 0.1) is 6.92 Å². The van der Waals surface area contributed by atoms with Crippen LogP contribution in [0.3, 0.4) is 0 Å². The average molecular weight is 296 g/mol. The molecule has 0 atom stereocenters. The number of rotatable bonds is 4. The molecule has 1 amide bonds. The van der Waals surface area contributed by atoms with Crippen LogP contribution in [-0.2, 0) is 13.6 Å². The summed E-state index contributed by atoms with van der Waals surface area (Å²) in [7, 11) is 1.79. The molecule has 1 aromatic carbocycles. The molecule has 7 nitrogen and oxygen atoms in total. The van der Waals surface area contributed by atoms with E-state index in [-0.39, 0.29) is 11.9 Å². The molecule has 0 aliphatic rings. The summed E-state index contributed by atoms with van der Waals surface area (Å²) in [4.78, 5) is 16.2. The van der Waals surface area contributed by atoms with Crippen LogP contribution in [0.4, 0.5) is 5.95 Å². The lowest BCUT2D eigenvalue weighted by Crippen LogP contribution is -2.14. The topological polar surface area (TPSA) is 77.6 Å². The minimum Gasteiger partial charge on any atom is -0.288 e. The summed E-state index contributed by atoms with van der Waals surface area (Å²) in [6, 6.07) is 11.6. The number of hydrogen-bond donors (Lipinski definition) is 1. The lowest BCUT2D eigenvalue weighted by molar-refractivity contribution is 0.102. The number of amides is 1. The van der Waals surface area contributed by atoms with Crippen LogP contribution in [0.1, 0.15) is 21.7 Å². The van der Waals surface area contributed by atoms with Gasteiger partial charge in [0.15, 0.2) is 5.69 Å². The number of benzene rings is 1. The van der Waals surface area contributed by atoms with Crippen LogP contribution in [0.15, 0.2) is 42.7 Å². The second-order valence-electron chi connectivity index (χ2n) is 5.00. The molecule has 1 N–H and O–H groups in total. The molecule has 0 saturated heterocycles. The third kappa shape index (κ3) is 3.03. The molecular weight excluding hydrogens is 280 g/mol. The van der Waals surface area contributed by atoms with E-state index in [1.165, 1.54) is 0 Å². The second-order valence-corrected chi connectivity index (χ2v) is 5.00. The number of aryl methyl sites for hydroxylation is 2. The average Bonchev–Trinajstić information content (AvgIpc) is 3.07. The van der Waals surface area contributed by atoms with Gasteiger partial charge in [0.2, 0.25) is 5.95 Å². The Morgan fingerprint density at radius 3 is 2.68 bits per heavy atom. The summed E-state index contributed by atoms with van der Waals surface area (Å²) in [5.41, 5.74) is 2.37. The summed E-state index contributed by atoms with van der Waals surface area (Å²) in [5, 5.41) is 11.0. The molecular formula is C15H16N6O. The van der Waals surface area contributed by atoms with E-state index in [1.54, 1.807) is 28.8 Å². The fourth-order valence-electron chi connectivity index (χ4n) is 2.04. The van der Waals surface area contributed by atoms with E-state index in [2.05, 4.69) is 20.5 Å². The zero-order valence-corrected chi connectivity index (χ0v) is 12.4. The molecule has 0 aliphatic heterocycles. The molecule has 2 heterocycles. The van der Waals surface area contributed by atoms with Gasteiger partial charge < -0.3 is 0 Å². The van der Waals surface area contributed by atoms with Gasteiger partial charge in [-0.1, -0.05) is 30.3 Å². The Morgan fingerprint density at radius 1 is 1.23 bits per heavy atom. The number of nitrogens with zero attached hydrogens (tertiary/aromatic N) is 5. The number of aromatic nitrogens is 5. The lowest BCUT2D eigenvalue weighted by Gasteiger charge is -2.00. The number of carbonyl (C=O) groups is 1. The highest BCUT2D eigenvalue weighted by Gasteiger charge is 2.13. The third-order valence-corrected chi connectivity index (χ3v) is 3.30. The highest BCUT2D eigenvalue weighted by atomic mass is 16.2. The fraction of sp³-hybridized carbons (Fsp3) is 0.200. The first-order chi connectivity index (χ1) is 10.6. The fourth-order valence-corrected chi connectivity index (χ4v) is 2.04. The lowest BCUT2D eigenvalue weighted by atomic mass is 10.2. The van der Waals surface area contributed by atoms with Gasteiger partial charge in [-0.15, -0.1) is 5.10 Å². The van der Waals surface area contributed by atoms with Crippen LogP contribution < -0.4 is 5.32 Å². The van der Waals surface area contributed by atoms with Crippen molar-refractivity contribution >= 4 is 11.9 Å². The zero-order valence-electron chi connectivity index (χ0n) is 12.4. The Hall–Kier alpha value is -2.96. The second kappa shape index (κ2) is 5.80. The summed E-state index contributed by atoms with van der Waals surface area (Å²) < 4.78 is 3.32. The zero-order chi connectivity index (χ0) is 15.5. The van der Waals surface area contributed by atoms with Gasteiger partial charge in [0.05, 0.1) is 6.54 Å². The van der Waals surface area contributed by atoms with Gasteiger partial charge in [0.25, 0.3) is 5.91 Å². The van der Waals surface area contributed by atoms with E-state index in [4.69, 9.17) is 0 Å². The maximum Gasteiger partial charge on any atom is 0.278 e. The highest BCUT2D eigenvalue weighted by molar-refractivity contribution is 6.01. The van der Waals surface area contributed by atoms with Crippen molar-refractivity contribution in [3.05, 3.63) is 59.7 Å². The number of hydrogen-bond acceptors (Lipinski definition) is 4. The minimum atomic E-state index is -0.318. The van der Waals surface area contributed by atoms with Crippen molar-refractivity contribution in [2.45, 2.75) is 13.5 Å². The summed E-state index contributed by atoms with van der Waals surface area (Å²) >= 11 is 0. The minimum absolute atomic E-state index is 0.268. The van der Waals surface area contributed by atoms with Crippen LogP contribution >= 0.6 is 0 Å². The number of anilines is 1. The Morgan fingerprint density at radius 2 is 2.00 bits per heavy atom. The summed E-state index contributed by atoms with van der Waals surface area (Å²) in [6.45, 7) is 2.49. The van der Waals surface area contributed by atoms with E-state index in [0.717, 1.165) is 11.3 Å². The molecule has 3 rings (SSSR count). The van der Waals surface area contributed by atoms with Crippen LogP contribution in [0.2, 0.25) is 0 Å². The molecule has 0 radical (unpaired) electrons. The SMILES string of the molecule is Cc1cc(C(=O)Nc2ncn(Cc3ccccc3)n2)nn1C. The molecule has 0 bridgehead atoms. The van der Waals surface area contributed by atoms with Gasteiger partial charge in [0, 0.05) is 12.7 Å². The first-order valence-corrected chi connectivity index (χ1v) is 6.87. The van der Waals surface area contributed by atoms with E-state index in [1.807, 2.05) is 37.3 Å². The molecule has 2 aromatic heterocycles. The predicted octanol–water partition coefficient (Wildman–Crippen LogP) is 1.62. The predicted molar refractivity (Wildman–Crippen MR) is 81.5 cm³/mol. The normalized spacial score (nSPS) is 10.6.